The molecule has 6 heteroatoms. The van der Waals surface area contributed by atoms with Gasteiger partial charge in [-0.2, -0.15) is 10.4 Å². The first-order valence-corrected chi connectivity index (χ1v) is 3.02. The van der Waals surface area contributed by atoms with Crippen LogP contribution in [0.5, 0.6) is 0 Å². The van der Waals surface area contributed by atoms with E-state index in [1.165, 1.54) is 13.3 Å². The van der Waals surface area contributed by atoms with E-state index in [2.05, 4.69) is 9.84 Å². The van der Waals surface area contributed by atoms with Crippen LogP contribution in [0.2, 0.25) is 0 Å². The van der Waals surface area contributed by atoms with Gasteiger partial charge in [0.2, 0.25) is 0 Å². The molecule has 0 aliphatic rings. The second-order valence-corrected chi connectivity index (χ2v) is 1.94. The summed E-state index contributed by atoms with van der Waals surface area (Å²) in [5, 5.41) is 12.0. The number of nitrogen functional groups attached to an aromatic ring is 1. The highest BCUT2D eigenvalue weighted by Crippen LogP contribution is 2.08. The minimum Gasteiger partial charge on any atom is -0.451 e. The van der Waals surface area contributed by atoms with Crippen molar-refractivity contribution in [2.75, 3.05) is 12.8 Å². The molecule has 62 valence electrons. The van der Waals surface area contributed by atoms with Gasteiger partial charge in [0.25, 0.3) is 0 Å². The Labute approximate surface area is 68.1 Å². The zero-order chi connectivity index (χ0) is 9.14. The smallest absolute Gasteiger partial charge is 0.436 e. The summed E-state index contributed by atoms with van der Waals surface area (Å²) in [4.78, 5) is 10.9. The normalized spacial score (nSPS) is 9.00. The predicted molar refractivity (Wildman–Crippen MR) is 39.2 cm³/mol. The van der Waals surface area contributed by atoms with Crippen molar-refractivity contribution in [1.82, 2.24) is 9.78 Å². The van der Waals surface area contributed by atoms with Gasteiger partial charge in [-0.25, -0.2) is 4.79 Å². The zero-order valence-electron chi connectivity index (χ0n) is 6.31. The van der Waals surface area contributed by atoms with Crippen molar-refractivity contribution in [3.05, 3.63) is 11.8 Å². The van der Waals surface area contributed by atoms with Crippen LogP contribution in [0.25, 0.3) is 0 Å². The van der Waals surface area contributed by atoms with Crippen LogP contribution in [0.1, 0.15) is 5.56 Å². The maximum Gasteiger partial charge on any atom is 0.436 e. The molecule has 1 aromatic rings. The molecule has 0 aliphatic heterocycles. The topological polar surface area (TPSA) is 93.9 Å². The molecule has 0 unspecified atom stereocenters. The summed E-state index contributed by atoms with van der Waals surface area (Å²) in [7, 11) is 1.20. The highest BCUT2D eigenvalue weighted by Gasteiger charge is 2.12. The van der Waals surface area contributed by atoms with Gasteiger partial charge in [-0.3, -0.25) is 0 Å². The lowest BCUT2D eigenvalue weighted by Crippen LogP contribution is -2.15. The minimum atomic E-state index is -0.714. The molecule has 0 radical (unpaired) electrons. The predicted octanol–water partition coefficient (Wildman–Crippen LogP) is -0.0485. The molecule has 0 spiro atoms. The van der Waals surface area contributed by atoms with Crippen LogP contribution in [-0.4, -0.2) is 23.0 Å². The van der Waals surface area contributed by atoms with Crippen molar-refractivity contribution < 1.29 is 9.53 Å². The van der Waals surface area contributed by atoms with Crippen LogP contribution < -0.4 is 5.73 Å². The van der Waals surface area contributed by atoms with Crippen molar-refractivity contribution in [3.63, 3.8) is 0 Å². The van der Waals surface area contributed by atoms with Gasteiger partial charge in [-0.15, -0.1) is 4.68 Å². The largest absolute Gasteiger partial charge is 0.451 e. The molecule has 1 heterocycles. The lowest BCUT2D eigenvalue weighted by molar-refractivity contribution is 0.170. The summed E-state index contributed by atoms with van der Waals surface area (Å²) in [6.07, 6.45) is 0.487. The summed E-state index contributed by atoms with van der Waals surface area (Å²) in [6.45, 7) is 0. The number of nitrogens with two attached hydrogens (primary N) is 1. The average Bonchev–Trinajstić information content (AvgIpc) is 2.45. The number of carbonyl (C=O) groups is 1. The maximum absolute atomic E-state index is 10.9. The van der Waals surface area contributed by atoms with Crippen molar-refractivity contribution in [2.45, 2.75) is 0 Å². The molecule has 0 bridgehead atoms. The number of aromatic nitrogens is 2. The summed E-state index contributed by atoms with van der Waals surface area (Å²) >= 11 is 0. The number of hydrogen-bond donors (Lipinski definition) is 1. The number of carbonyl (C=O) groups excluding carboxylic acids is 1. The molecule has 12 heavy (non-hydrogen) atoms. The Morgan fingerprint density at radius 1 is 1.92 bits per heavy atom. The highest BCUT2D eigenvalue weighted by atomic mass is 16.5. The molecule has 0 atom stereocenters. The van der Waals surface area contributed by atoms with Crippen molar-refractivity contribution in [1.29, 1.82) is 5.26 Å². The summed E-state index contributed by atoms with van der Waals surface area (Å²) < 4.78 is 5.17. The number of rotatable bonds is 0. The Morgan fingerprint density at radius 3 is 3.00 bits per heavy atom. The highest BCUT2D eigenvalue weighted by molar-refractivity contribution is 5.74. The third-order valence-electron chi connectivity index (χ3n) is 1.27. The van der Waals surface area contributed by atoms with E-state index in [0.717, 1.165) is 4.68 Å². The number of hydrogen-bond acceptors (Lipinski definition) is 5. The molecule has 0 aromatic carbocycles. The number of nitrogens with zero attached hydrogens (tertiary/aromatic N) is 3. The van der Waals surface area contributed by atoms with Crippen LogP contribution >= 0.6 is 0 Å². The lowest BCUT2D eigenvalue weighted by atomic mass is 10.4. The number of methoxy groups -OCH3 is 1. The lowest BCUT2D eigenvalue weighted by Gasteiger charge is -1.98. The Balaban J connectivity index is 3.12. The van der Waals surface area contributed by atoms with Crippen LogP contribution in [0.15, 0.2) is 6.20 Å². The monoisotopic (exact) mass is 166 g/mol. The minimum absolute atomic E-state index is 0.00986. The van der Waals surface area contributed by atoms with E-state index in [1.54, 1.807) is 6.07 Å². The fourth-order valence-corrected chi connectivity index (χ4v) is 0.676. The van der Waals surface area contributed by atoms with Gasteiger partial charge >= 0.3 is 6.09 Å². The summed E-state index contributed by atoms with van der Waals surface area (Å²) in [5.74, 6) is -0.00986. The van der Waals surface area contributed by atoms with E-state index >= 15 is 0 Å². The van der Waals surface area contributed by atoms with Gasteiger partial charge in [0, 0.05) is 0 Å². The van der Waals surface area contributed by atoms with Crippen LogP contribution in [0, 0.1) is 11.3 Å². The Morgan fingerprint density at radius 2 is 2.58 bits per heavy atom. The average molecular weight is 166 g/mol. The van der Waals surface area contributed by atoms with Crippen molar-refractivity contribution in [2.24, 2.45) is 0 Å². The van der Waals surface area contributed by atoms with E-state index in [9.17, 15) is 4.79 Å². The third-order valence-corrected chi connectivity index (χ3v) is 1.27. The Bertz CT molecular complexity index is 349. The van der Waals surface area contributed by atoms with Gasteiger partial charge in [-0.05, 0) is 0 Å². The molecule has 1 rings (SSSR count). The molecule has 0 amide bonds. The van der Waals surface area contributed by atoms with E-state index in [1.807, 2.05) is 0 Å². The second-order valence-electron chi connectivity index (χ2n) is 1.94. The molecular weight excluding hydrogens is 160 g/mol. The first-order chi connectivity index (χ1) is 5.70. The van der Waals surface area contributed by atoms with Gasteiger partial charge in [-0.1, -0.05) is 0 Å². The van der Waals surface area contributed by atoms with Crippen molar-refractivity contribution >= 4 is 11.9 Å². The molecule has 0 saturated heterocycles. The van der Waals surface area contributed by atoms with Gasteiger partial charge in [0.15, 0.2) is 5.82 Å². The second kappa shape index (κ2) is 2.92. The van der Waals surface area contributed by atoms with E-state index in [4.69, 9.17) is 11.0 Å². The third kappa shape index (κ3) is 1.08. The molecule has 2 N–H and O–H groups in total. The molecule has 0 saturated carbocycles. The first-order valence-electron chi connectivity index (χ1n) is 3.02. The molecule has 6 nitrogen and oxygen atoms in total. The number of ether oxygens (including phenoxy) is 1. The van der Waals surface area contributed by atoms with Gasteiger partial charge in [0.1, 0.15) is 11.6 Å². The summed E-state index contributed by atoms with van der Waals surface area (Å²) in [5.41, 5.74) is 5.52. The summed E-state index contributed by atoms with van der Waals surface area (Å²) in [6, 6.07) is 1.78. The maximum atomic E-state index is 10.9. The van der Waals surface area contributed by atoms with Crippen molar-refractivity contribution in [3.8, 4) is 6.07 Å². The number of nitriles is 1. The standard InChI is InChI=1S/C6H6N4O2/c1-12-6(11)10-5(8)4(2-7)3-9-10/h3H,8H2,1H3. The Hall–Kier alpha value is -2.03. The van der Waals surface area contributed by atoms with Gasteiger partial charge < -0.3 is 10.5 Å². The van der Waals surface area contributed by atoms with E-state index in [-0.39, 0.29) is 11.4 Å². The SMILES string of the molecule is COC(=O)n1ncc(C#N)c1N. The first kappa shape index (κ1) is 8.07. The fraction of sp³-hybridized carbons (Fsp3) is 0.167. The quantitative estimate of drug-likeness (QED) is 0.583. The van der Waals surface area contributed by atoms with E-state index in [0.29, 0.717) is 0 Å². The molecule has 0 fully saturated rings. The molecule has 0 aliphatic carbocycles. The molecule has 1 aromatic heterocycles. The van der Waals surface area contributed by atoms with E-state index < -0.39 is 6.09 Å². The van der Waals surface area contributed by atoms with Crippen LogP contribution in [0.3, 0.4) is 0 Å². The van der Waals surface area contributed by atoms with Crippen LogP contribution in [-0.2, 0) is 4.74 Å². The molecular formula is C6H6N4O2. The fourth-order valence-electron chi connectivity index (χ4n) is 0.676. The zero-order valence-corrected chi connectivity index (χ0v) is 6.31. The number of anilines is 1. The van der Waals surface area contributed by atoms with Gasteiger partial charge in [0.05, 0.1) is 13.3 Å². The van der Waals surface area contributed by atoms with Crippen LogP contribution in [0.4, 0.5) is 10.6 Å². The Kier molecular flexibility index (Phi) is 1.96.